The van der Waals surface area contributed by atoms with Gasteiger partial charge in [-0.05, 0) is 6.92 Å². The third-order valence-corrected chi connectivity index (χ3v) is 3.24. The number of aromatic nitrogens is 4. The van der Waals surface area contributed by atoms with Crippen LogP contribution in [0.2, 0.25) is 0 Å². The average molecular weight is 300 g/mol. The molecule has 2 aromatic rings. The molecular formula is C14H16N6O2. The van der Waals surface area contributed by atoms with Crippen LogP contribution in [0, 0.1) is 6.92 Å². The molecule has 114 valence electrons. The highest BCUT2D eigenvalue weighted by atomic mass is 16.5. The highest BCUT2D eigenvalue weighted by Crippen LogP contribution is 2.15. The molecule has 0 aromatic carbocycles. The molecule has 0 unspecified atom stereocenters. The van der Waals surface area contributed by atoms with Gasteiger partial charge in [-0.15, -0.1) is 0 Å². The average Bonchev–Trinajstić information content (AvgIpc) is 2.56. The number of hydrogen-bond acceptors (Lipinski definition) is 7. The van der Waals surface area contributed by atoms with Crippen molar-refractivity contribution in [1.29, 1.82) is 0 Å². The van der Waals surface area contributed by atoms with Gasteiger partial charge in [-0.1, -0.05) is 0 Å². The number of carbonyl (C=O) groups is 1. The van der Waals surface area contributed by atoms with Crippen molar-refractivity contribution < 1.29 is 9.53 Å². The number of rotatable bonds is 3. The van der Waals surface area contributed by atoms with Gasteiger partial charge in [0.15, 0.2) is 0 Å². The molecule has 1 amide bonds. The number of hydrogen-bond donors (Lipinski definition) is 1. The van der Waals surface area contributed by atoms with E-state index in [1.807, 2.05) is 6.92 Å². The molecule has 1 N–H and O–H groups in total. The maximum Gasteiger partial charge on any atom is 0.277 e. The number of carbonyl (C=O) groups excluding carboxylic acids is 1. The first-order chi connectivity index (χ1) is 10.7. The van der Waals surface area contributed by atoms with Crippen molar-refractivity contribution in [3.05, 3.63) is 36.2 Å². The zero-order chi connectivity index (χ0) is 15.4. The molecule has 1 saturated heterocycles. The molecule has 0 atom stereocenters. The zero-order valence-electron chi connectivity index (χ0n) is 12.2. The van der Waals surface area contributed by atoms with E-state index in [1.54, 1.807) is 12.3 Å². The van der Waals surface area contributed by atoms with Gasteiger partial charge in [0.05, 0.1) is 25.1 Å². The fourth-order valence-corrected chi connectivity index (χ4v) is 2.07. The molecule has 2 aromatic heterocycles. The van der Waals surface area contributed by atoms with Crippen molar-refractivity contribution in [3.8, 4) is 0 Å². The summed E-state index contributed by atoms with van der Waals surface area (Å²) in [4.78, 5) is 30.6. The predicted octanol–water partition coefficient (Wildman–Crippen LogP) is 0.664. The van der Waals surface area contributed by atoms with Crippen LogP contribution in [0.1, 0.15) is 16.2 Å². The summed E-state index contributed by atoms with van der Waals surface area (Å²) < 4.78 is 5.31. The summed E-state index contributed by atoms with van der Waals surface area (Å²) in [5.41, 5.74) is 1.00. The smallest absolute Gasteiger partial charge is 0.277 e. The van der Waals surface area contributed by atoms with Crippen LogP contribution in [0.5, 0.6) is 0 Å². The van der Waals surface area contributed by atoms with Gasteiger partial charge < -0.3 is 15.0 Å². The quantitative estimate of drug-likeness (QED) is 0.890. The molecule has 1 aliphatic rings. The van der Waals surface area contributed by atoms with Crippen LogP contribution < -0.4 is 10.2 Å². The standard InChI is InChI=1S/C14H16N6O2/c1-10-7-16-11(8-15-10)14(21)19-12-6-13(18-9-17-12)20-2-4-22-5-3-20/h6-9H,2-5H2,1H3,(H,17,18,19,21). The van der Waals surface area contributed by atoms with Crippen LogP contribution >= 0.6 is 0 Å². The number of anilines is 2. The van der Waals surface area contributed by atoms with E-state index in [1.165, 1.54) is 12.5 Å². The number of morpholine rings is 1. The van der Waals surface area contributed by atoms with Gasteiger partial charge in [0.25, 0.3) is 5.91 Å². The second-order valence-corrected chi connectivity index (χ2v) is 4.86. The van der Waals surface area contributed by atoms with E-state index in [0.29, 0.717) is 19.0 Å². The summed E-state index contributed by atoms with van der Waals surface area (Å²) >= 11 is 0. The summed E-state index contributed by atoms with van der Waals surface area (Å²) in [6.45, 7) is 4.70. The lowest BCUT2D eigenvalue weighted by Gasteiger charge is -2.27. The molecule has 8 heteroatoms. The van der Waals surface area contributed by atoms with Gasteiger partial charge in [-0.3, -0.25) is 9.78 Å². The fraction of sp³-hybridized carbons (Fsp3) is 0.357. The van der Waals surface area contributed by atoms with Crippen LogP contribution in [0.25, 0.3) is 0 Å². The first kappa shape index (κ1) is 14.3. The maximum atomic E-state index is 12.1. The van der Waals surface area contributed by atoms with Crippen LogP contribution in [0.3, 0.4) is 0 Å². The molecule has 0 spiro atoms. The van der Waals surface area contributed by atoms with Crippen LogP contribution in [0.15, 0.2) is 24.8 Å². The number of nitrogens with zero attached hydrogens (tertiary/aromatic N) is 5. The Morgan fingerprint density at radius 3 is 2.73 bits per heavy atom. The largest absolute Gasteiger partial charge is 0.378 e. The van der Waals surface area contributed by atoms with Crippen LogP contribution in [-0.4, -0.2) is 52.1 Å². The molecule has 0 radical (unpaired) electrons. The molecule has 1 fully saturated rings. The Morgan fingerprint density at radius 2 is 2.00 bits per heavy atom. The van der Waals surface area contributed by atoms with E-state index in [4.69, 9.17) is 4.74 Å². The van der Waals surface area contributed by atoms with Gasteiger partial charge in [-0.2, -0.15) is 0 Å². The van der Waals surface area contributed by atoms with E-state index < -0.39 is 0 Å². The normalized spacial score (nSPS) is 14.7. The molecule has 3 heterocycles. The van der Waals surface area contributed by atoms with Gasteiger partial charge in [0.2, 0.25) is 0 Å². The van der Waals surface area contributed by atoms with Crippen molar-refractivity contribution in [2.24, 2.45) is 0 Å². The van der Waals surface area contributed by atoms with Gasteiger partial charge >= 0.3 is 0 Å². The Balaban J connectivity index is 1.72. The highest BCUT2D eigenvalue weighted by molar-refractivity contribution is 6.02. The Morgan fingerprint density at radius 1 is 1.18 bits per heavy atom. The SMILES string of the molecule is Cc1cnc(C(=O)Nc2cc(N3CCOCC3)ncn2)cn1. The zero-order valence-corrected chi connectivity index (χ0v) is 12.2. The number of nitrogens with one attached hydrogen (secondary N) is 1. The Kier molecular flexibility index (Phi) is 4.19. The third-order valence-electron chi connectivity index (χ3n) is 3.24. The Hall–Kier alpha value is -2.61. The number of amides is 1. The minimum atomic E-state index is -0.348. The molecule has 0 bridgehead atoms. The first-order valence-electron chi connectivity index (χ1n) is 6.97. The summed E-state index contributed by atoms with van der Waals surface area (Å²) in [6, 6.07) is 1.74. The van der Waals surface area contributed by atoms with E-state index in [0.717, 1.165) is 24.6 Å². The van der Waals surface area contributed by atoms with E-state index in [2.05, 4.69) is 30.2 Å². The monoisotopic (exact) mass is 300 g/mol. The molecule has 3 rings (SSSR count). The van der Waals surface area contributed by atoms with E-state index in [9.17, 15) is 4.79 Å². The molecule has 22 heavy (non-hydrogen) atoms. The Labute approximate surface area is 127 Å². The van der Waals surface area contributed by atoms with Gasteiger partial charge in [0.1, 0.15) is 23.7 Å². The Bertz CT molecular complexity index is 655. The van der Waals surface area contributed by atoms with Crippen LogP contribution in [-0.2, 0) is 4.74 Å². The van der Waals surface area contributed by atoms with Gasteiger partial charge in [0, 0.05) is 25.4 Å². The number of aryl methyl sites for hydroxylation is 1. The fourth-order valence-electron chi connectivity index (χ4n) is 2.07. The second-order valence-electron chi connectivity index (χ2n) is 4.86. The van der Waals surface area contributed by atoms with Crippen LogP contribution in [0.4, 0.5) is 11.6 Å². The van der Waals surface area contributed by atoms with Crippen molar-refractivity contribution in [3.63, 3.8) is 0 Å². The first-order valence-corrected chi connectivity index (χ1v) is 6.97. The third kappa shape index (κ3) is 3.34. The molecule has 8 nitrogen and oxygen atoms in total. The predicted molar refractivity (Wildman–Crippen MR) is 79.8 cm³/mol. The van der Waals surface area contributed by atoms with Crippen molar-refractivity contribution in [2.75, 3.05) is 36.5 Å². The van der Waals surface area contributed by atoms with Crippen molar-refractivity contribution in [1.82, 2.24) is 19.9 Å². The van der Waals surface area contributed by atoms with E-state index >= 15 is 0 Å². The summed E-state index contributed by atoms with van der Waals surface area (Å²) in [5.74, 6) is 0.853. The topological polar surface area (TPSA) is 93.1 Å². The lowest BCUT2D eigenvalue weighted by molar-refractivity contribution is 0.102. The minimum absolute atomic E-state index is 0.247. The lowest BCUT2D eigenvalue weighted by Crippen LogP contribution is -2.36. The van der Waals surface area contributed by atoms with Gasteiger partial charge in [-0.25, -0.2) is 15.0 Å². The molecule has 1 aliphatic heterocycles. The molecule has 0 aliphatic carbocycles. The van der Waals surface area contributed by atoms with Crippen molar-refractivity contribution >= 4 is 17.5 Å². The molecular weight excluding hydrogens is 284 g/mol. The second kappa shape index (κ2) is 6.44. The lowest BCUT2D eigenvalue weighted by atomic mass is 10.3. The highest BCUT2D eigenvalue weighted by Gasteiger charge is 2.14. The molecule has 0 saturated carbocycles. The van der Waals surface area contributed by atoms with E-state index in [-0.39, 0.29) is 11.6 Å². The summed E-state index contributed by atoms with van der Waals surface area (Å²) in [5, 5.41) is 2.71. The minimum Gasteiger partial charge on any atom is -0.378 e. The van der Waals surface area contributed by atoms with Crippen molar-refractivity contribution in [2.45, 2.75) is 6.92 Å². The number of ether oxygens (including phenoxy) is 1. The summed E-state index contributed by atoms with van der Waals surface area (Å²) in [7, 11) is 0. The maximum absolute atomic E-state index is 12.1. The summed E-state index contributed by atoms with van der Waals surface area (Å²) in [6.07, 6.45) is 4.42.